The zero-order valence-corrected chi connectivity index (χ0v) is 33.0. The number of aryl methyl sites for hydroxylation is 1. The second kappa shape index (κ2) is 22.4. The van der Waals surface area contributed by atoms with Crippen LogP contribution in [-0.2, 0) is 35.0 Å². The number of benzene rings is 3. The van der Waals surface area contributed by atoms with E-state index in [0.29, 0.717) is 107 Å². The Bertz CT molecular complexity index is 2020. The van der Waals surface area contributed by atoms with E-state index < -0.39 is 18.0 Å². The summed E-state index contributed by atoms with van der Waals surface area (Å²) in [7, 11) is 1.62. The lowest BCUT2D eigenvalue weighted by atomic mass is 9.81. The van der Waals surface area contributed by atoms with Crippen LogP contribution in [-0.4, -0.2) is 112 Å². The van der Waals surface area contributed by atoms with E-state index in [1.807, 2.05) is 43.3 Å². The van der Waals surface area contributed by atoms with Gasteiger partial charge in [-0.1, -0.05) is 30.3 Å². The number of hydrogen-bond acceptors (Lipinski definition) is 9. The van der Waals surface area contributed by atoms with Crippen molar-refractivity contribution in [2.75, 3.05) is 71.8 Å². The molecule has 0 spiro atoms. The summed E-state index contributed by atoms with van der Waals surface area (Å²) in [6.07, 6.45) is 1.75. The Morgan fingerprint density at radius 1 is 0.810 bits per heavy atom. The molecule has 1 saturated carbocycles. The minimum atomic E-state index is -1.06. The standard InChI is InChI=1S/C42H54N6O10/c1-27-23-32(38(49)43-15-16-56-19-20-58-22-21-57-18-17-55-2)11-13-34(27)30-7-3-28(4-8-30)24-37(41(52)45-33-12-14-35-36(25-33)47-48-40(35)51)46-39(50)31-9-5-29(6-10-31)26-44-42(53)54/h3-4,7-8,11-14,23,25,29,31,37,44H,5-6,9-10,15-22,24,26H2,1-2H3,(H,43,49)(H,45,52)(H,46,50)(H,53,54)(H2,47,48,51)/t29?,31?,37-/m0/s1. The summed E-state index contributed by atoms with van der Waals surface area (Å²) >= 11 is 0. The van der Waals surface area contributed by atoms with Gasteiger partial charge in [0.2, 0.25) is 11.8 Å². The van der Waals surface area contributed by atoms with Crippen molar-refractivity contribution < 1.29 is 43.2 Å². The minimum absolute atomic E-state index is 0.162. The molecule has 0 radical (unpaired) electrons. The monoisotopic (exact) mass is 802 g/mol. The molecule has 16 heteroatoms. The number of hydrogen-bond donors (Lipinski definition) is 7. The van der Waals surface area contributed by atoms with Crippen LogP contribution >= 0.6 is 0 Å². The fourth-order valence-corrected chi connectivity index (χ4v) is 6.91. The fraction of sp³-hybridized carbons (Fsp3) is 0.452. The third-order valence-electron chi connectivity index (χ3n) is 10.1. The van der Waals surface area contributed by atoms with Crippen LogP contribution in [0.15, 0.2) is 65.5 Å². The van der Waals surface area contributed by atoms with Crippen molar-refractivity contribution in [2.45, 2.75) is 45.1 Å². The molecular weight excluding hydrogens is 748 g/mol. The van der Waals surface area contributed by atoms with Gasteiger partial charge in [0.05, 0.1) is 57.2 Å². The van der Waals surface area contributed by atoms with Crippen LogP contribution in [0.2, 0.25) is 0 Å². The molecule has 16 nitrogen and oxygen atoms in total. The summed E-state index contributed by atoms with van der Waals surface area (Å²) in [5.74, 6) is -0.965. The van der Waals surface area contributed by atoms with Gasteiger partial charge in [-0.05, 0) is 91.1 Å². The quantitative estimate of drug-likeness (QED) is 0.0566. The van der Waals surface area contributed by atoms with Crippen LogP contribution in [0.4, 0.5) is 10.5 Å². The summed E-state index contributed by atoms with van der Waals surface area (Å²) in [4.78, 5) is 63.0. The second-order valence-corrected chi connectivity index (χ2v) is 14.3. The molecule has 5 rings (SSSR count). The lowest BCUT2D eigenvalue weighted by Crippen LogP contribution is -2.48. The van der Waals surface area contributed by atoms with E-state index in [4.69, 9.17) is 24.1 Å². The first-order chi connectivity index (χ1) is 28.1. The predicted octanol–water partition coefficient (Wildman–Crippen LogP) is 4.00. The van der Waals surface area contributed by atoms with Crippen LogP contribution in [0.25, 0.3) is 22.0 Å². The summed E-state index contributed by atoms with van der Waals surface area (Å²) in [5, 5.41) is 25.9. The van der Waals surface area contributed by atoms with E-state index in [1.165, 1.54) is 0 Å². The van der Waals surface area contributed by atoms with Crippen LogP contribution in [0, 0.1) is 18.8 Å². The zero-order valence-electron chi connectivity index (χ0n) is 33.0. The van der Waals surface area contributed by atoms with E-state index in [9.17, 15) is 24.0 Å². The molecule has 0 aliphatic heterocycles. The maximum atomic E-state index is 13.8. The molecule has 0 saturated heterocycles. The van der Waals surface area contributed by atoms with Crippen LogP contribution in [0.5, 0.6) is 0 Å². The highest BCUT2D eigenvalue weighted by Crippen LogP contribution is 2.29. The van der Waals surface area contributed by atoms with Crippen molar-refractivity contribution in [3.63, 3.8) is 0 Å². The van der Waals surface area contributed by atoms with Crippen molar-refractivity contribution in [1.29, 1.82) is 0 Å². The lowest BCUT2D eigenvalue weighted by Gasteiger charge is -2.29. The SMILES string of the molecule is COCCOCCOCCOCCNC(=O)c1ccc(-c2ccc(C[C@H](NC(=O)C3CCC(CNC(=O)O)CC3)C(=O)Nc3ccc4c(=O)[nH][nH]c4c3)cc2)c(C)c1. The Hall–Kier alpha value is -5.55. The number of methoxy groups -OCH3 is 1. The van der Waals surface area contributed by atoms with Crippen molar-refractivity contribution >= 4 is 40.4 Å². The maximum Gasteiger partial charge on any atom is 0.404 e. The van der Waals surface area contributed by atoms with E-state index in [-0.39, 0.29) is 35.6 Å². The number of nitrogens with one attached hydrogen (secondary N) is 6. The van der Waals surface area contributed by atoms with E-state index >= 15 is 0 Å². The number of carbonyl (C=O) groups is 4. The molecule has 1 aromatic heterocycles. The number of H-pyrrole nitrogens is 2. The van der Waals surface area contributed by atoms with Crippen LogP contribution < -0.4 is 26.8 Å². The smallest absolute Gasteiger partial charge is 0.404 e. The predicted molar refractivity (Wildman–Crippen MR) is 218 cm³/mol. The number of carbonyl (C=O) groups excluding carboxylic acids is 3. The highest BCUT2D eigenvalue weighted by atomic mass is 16.6. The van der Waals surface area contributed by atoms with Crippen LogP contribution in [0.3, 0.4) is 0 Å². The number of rotatable bonds is 22. The first-order valence-corrected chi connectivity index (χ1v) is 19.6. The van der Waals surface area contributed by atoms with E-state index in [1.54, 1.807) is 31.4 Å². The topological polar surface area (TPSA) is 222 Å². The molecule has 3 aromatic carbocycles. The number of carboxylic acid groups (broad SMARTS) is 1. The van der Waals surface area contributed by atoms with Gasteiger partial charge >= 0.3 is 6.09 Å². The Morgan fingerprint density at radius 2 is 1.50 bits per heavy atom. The number of anilines is 1. The molecular formula is C42H54N6O10. The molecule has 4 amide bonds. The second-order valence-electron chi connectivity index (χ2n) is 14.3. The Balaban J connectivity index is 1.15. The van der Waals surface area contributed by atoms with Gasteiger partial charge in [-0.15, -0.1) is 0 Å². The minimum Gasteiger partial charge on any atom is -0.465 e. The number of fused-ring (bicyclic) bond motifs is 1. The van der Waals surface area contributed by atoms with Gasteiger partial charge in [0.25, 0.3) is 11.5 Å². The molecule has 1 atom stereocenters. The lowest BCUT2D eigenvalue weighted by molar-refractivity contribution is -0.130. The molecule has 1 heterocycles. The van der Waals surface area contributed by atoms with Gasteiger partial charge in [0.15, 0.2) is 0 Å². The molecule has 1 aliphatic rings. The Labute approximate surface area is 336 Å². The summed E-state index contributed by atoms with van der Waals surface area (Å²) in [6.45, 7) is 5.90. The first kappa shape index (κ1) is 43.6. The third kappa shape index (κ3) is 13.3. The highest BCUT2D eigenvalue weighted by Gasteiger charge is 2.30. The molecule has 58 heavy (non-hydrogen) atoms. The number of amides is 4. The van der Waals surface area contributed by atoms with Gasteiger partial charge in [0.1, 0.15) is 6.04 Å². The highest BCUT2D eigenvalue weighted by molar-refractivity contribution is 5.99. The summed E-state index contributed by atoms with van der Waals surface area (Å²) in [5.41, 5.74) is 4.89. The molecule has 312 valence electrons. The maximum absolute atomic E-state index is 13.8. The third-order valence-corrected chi connectivity index (χ3v) is 10.1. The van der Waals surface area contributed by atoms with E-state index in [2.05, 4.69) is 31.5 Å². The summed E-state index contributed by atoms with van der Waals surface area (Å²) in [6, 6.07) is 17.3. The Kier molecular flexibility index (Phi) is 16.8. The van der Waals surface area contributed by atoms with Gasteiger partial charge in [0, 0.05) is 43.8 Å². The Morgan fingerprint density at radius 3 is 2.17 bits per heavy atom. The summed E-state index contributed by atoms with van der Waals surface area (Å²) < 4.78 is 21.2. The van der Waals surface area contributed by atoms with Crippen molar-refractivity contribution in [2.24, 2.45) is 11.8 Å². The average molecular weight is 803 g/mol. The van der Waals surface area contributed by atoms with E-state index in [0.717, 1.165) is 22.3 Å². The number of aromatic amines is 2. The van der Waals surface area contributed by atoms with Crippen molar-refractivity contribution in [3.05, 3.63) is 87.7 Å². The molecule has 0 unspecified atom stereocenters. The van der Waals surface area contributed by atoms with Crippen LogP contribution in [0.1, 0.15) is 47.2 Å². The van der Waals surface area contributed by atoms with Gasteiger partial charge in [-0.2, -0.15) is 0 Å². The zero-order chi connectivity index (χ0) is 41.3. The normalized spacial score (nSPS) is 15.8. The molecule has 1 aliphatic carbocycles. The molecule has 1 fully saturated rings. The molecule has 0 bridgehead atoms. The molecule has 7 N–H and O–H groups in total. The van der Waals surface area contributed by atoms with Crippen molar-refractivity contribution in [3.8, 4) is 11.1 Å². The number of aromatic nitrogens is 2. The average Bonchev–Trinajstić information content (AvgIpc) is 3.59. The fourth-order valence-electron chi connectivity index (χ4n) is 6.91. The molecule has 4 aromatic rings. The van der Waals surface area contributed by atoms with Gasteiger partial charge in [-0.25, -0.2) is 4.79 Å². The first-order valence-electron chi connectivity index (χ1n) is 19.6. The number of ether oxygens (including phenoxy) is 4. The van der Waals surface area contributed by atoms with Crippen molar-refractivity contribution in [1.82, 2.24) is 26.1 Å². The van der Waals surface area contributed by atoms with Gasteiger partial charge < -0.3 is 45.3 Å². The largest absolute Gasteiger partial charge is 0.465 e. The van der Waals surface area contributed by atoms with Gasteiger partial charge in [-0.3, -0.25) is 29.4 Å².